The molecule has 2 N–H and O–H groups in total. The van der Waals surface area contributed by atoms with Crippen molar-refractivity contribution >= 4 is 27.8 Å². The van der Waals surface area contributed by atoms with E-state index >= 15 is 0 Å². The Labute approximate surface area is 186 Å². The summed E-state index contributed by atoms with van der Waals surface area (Å²) >= 11 is 1.25. The average molecular weight is 486 g/mol. The van der Waals surface area contributed by atoms with Crippen molar-refractivity contribution in [3.8, 4) is 22.4 Å². The van der Waals surface area contributed by atoms with E-state index in [2.05, 4.69) is 5.10 Å². The number of hydrogen-bond acceptors (Lipinski definition) is 6. The highest BCUT2D eigenvalue weighted by Gasteiger charge is 2.35. The molecule has 1 heterocycles. The maximum atomic E-state index is 13.2. The number of carbonyl (C=O) groups is 1. The van der Waals surface area contributed by atoms with Gasteiger partial charge in [0.25, 0.3) is 0 Å². The summed E-state index contributed by atoms with van der Waals surface area (Å²) in [6.45, 7) is -0.482. The van der Waals surface area contributed by atoms with Gasteiger partial charge in [-0.05, 0) is 41.1 Å². The van der Waals surface area contributed by atoms with E-state index in [-0.39, 0.29) is 16.5 Å². The molecule has 0 spiro atoms. The molecule has 2 aromatic carbocycles. The molecule has 0 unspecified atom stereocenters. The largest absolute Gasteiger partial charge is 0.453 e. The molecule has 0 atom stereocenters. The van der Waals surface area contributed by atoms with Gasteiger partial charge in [0.2, 0.25) is 10.0 Å². The lowest BCUT2D eigenvalue weighted by Gasteiger charge is -2.09. The lowest BCUT2D eigenvalue weighted by Crippen LogP contribution is -2.16. The topological polar surface area (TPSA) is 104 Å². The Morgan fingerprint density at radius 3 is 2.34 bits per heavy atom. The zero-order chi connectivity index (χ0) is 23.5. The number of esters is 1. The van der Waals surface area contributed by atoms with Crippen molar-refractivity contribution < 1.29 is 31.1 Å². The molecular weight excluding hydrogens is 467 g/mol. The monoisotopic (exact) mass is 485 g/mol. The van der Waals surface area contributed by atoms with Crippen LogP contribution in [-0.2, 0) is 32.3 Å². The van der Waals surface area contributed by atoms with Crippen molar-refractivity contribution in [2.24, 2.45) is 5.14 Å². The number of nitrogens with zero attached hydrogens (tertiary/aromatic N) is 2. The Balaban J connectivity index is 1.96. The molecule has 0 aliphatic carbocycles. The van der Waals surface area contributed by atoms with Gasteiger partial charge < -0.3 is 4.74 Å². The Morgan fingerprint density at radius 2 is 1.75 bits per heavy atom. The van der Waals surface area contributed by atoms with Gasteiger partial charge in [-0.1, -0.05) is 36.4 Å². The molecule has 0 aliphatic heterocycles. The molecule has 7 nitrogen and oxygen atoms in total. The second-order valence-electron chi connectivity index (χ2n) is 6.64. The van der Waals surface area contributed by atoms with Crippen LogP contribution in [0.3, 0.4) is 0 Å². The lowest BCUT2D eigenvalue weighted by molar-refractivity contribution is -0.144. The number of halogens is 3. The van der Waals surface area contributed by atoms with Gasteiger partial charge in [0.15, 0.2) is 5.69 Å². The summed E-state index contributed by atoms with van der Waals surface area (Å²) in [6.07, 6.45) is -2.97. The van der Waals surface area contributed by atoms with E-state index in [1.807, 2.05) is 0 Å². The van der Waals surface area contributed by atoms with Crippen molar-refractivity contribution in [2.75, 3.05) is 12.2 Å². The number of ether oxygens (including phenoxy) is 1. The van der Waals surface area contributed by atoms with Gasteiger partial charge in [-0.15, -0.1) is 11.8 Å². The van der Waals surface area contributed by atoms with Crippen molar-refractivity contribution in [3.05, 3.63) is 60.3 Å². The van der Waals surface area contributed by atoms with Crippen LogP contribution in [0.5, 0.6) is 0 Å². The third-order valence-electron chi connectivity index (χ3n) is 4.36. The van der Waals surface area contributed by atoms with Gasteiger partial charge >= 0.3 is 12.1 Å². The molecule has 0 fully saturated rings. The molecule has 3 aromatic rings. The molecule has 0 aliphatic rings. The predicted octanol–water partition coefficient (Wildman–Crippen LogP) is 3.75. The Bertz CT molecular complexity index is 1220. The second kappa shape index (κ2) is 9.35. The van der Waals surface area contributed by atoms with Gasteiger partial charge in [-0.25, -0.2) is 13.6 Å². The number of sulfonamides is 1. The highest BCUT2D eigenvalue weighted by molar-refractivity contribution is 7.98. The number of rotatable bonds is 7. The average Bonchev–Trinajstić information content (AvgIpc) is 3.16. The van der Waals surface area contributed by atoms with Crippen LogP contribution in [-0.4, -0.2) is 36.4 Å². The SMILES string of the molecule is CSCOC(=O)Cn1nc(C(F)(F)F)cc1-c1ccc(-c2cccc(S(N)(=O)=O)c2)cc1. The predicted molar refractivity (Wildman–Crippen MR) is 114 cm³/mol. The van der Waals surface area contributed by atoms with Crippen LogP contribution in [0, 0.1) is 0 Å². The van der Waals surface area contributed by atoms with Crippen LogP contribution in [0.25, 0.3) is 22.4 Å². The second-order valence-corrected chi connectivity index (χ2v) is 9.02. The smallest absolute Gasteiger partial charge is 0.435 e. The summed E-state index contributed by atoms with van der Waals surface area (Å²) < 4.78 is 68.6. The van der Waals surface area contributed by atoms with Crippen molar-refractivity contribution in [1.29, 1.82) is 0 Å². The molecule has 0 amide bonds. The van der Waals surface area contributed by atoms with E-state index in [9.17, 15) is 26.4 Å². The molecule has 0 bridgehead atoms. The zero-order valence-corrected chi connectivity index (χ0v) is 18.3. The van der Waals surface area contributed by atoms with Crippen molar-refractivity contribution in [3.63, 3.8) is 0 Å². The minimum Gasteiger partial charge on any atom is -0.453 e. The fraction of sp³-hybridized carbons (Fsp3) is 0.200. The van der Waals surface area contributed by atoms with Crippen molar-refractivity contribution in [1.82, 2.24) is 9.78 Å². The number of thioether (sulfide) groups is 1. The molecule has 32 heavy (non-hydrogen) atoms. The number of carbonyl (C=O) groups excluding carboxylic acids is 1. The van der Waals surface area contributed by atoms with Gasteiger partial charge in [0.05, 0.1) is 10.6 Å². The lowest BCUT2D eigenvalue weighted by atomic mass is 10.0. The number of nitrogens with two attached hydrogens (primary N) is 1. The van der Waals surface area contributed by atoms with E-state index in [0.717, 1.165) is 10.7 Å². The van der Waals surface area contributed by atoms with E-state index in [1.54, 1.807) is 36.6 Å². The first-order chi connectivity index (χ1) is 15.0. The molecule has 1 aromatic heterocycles. The fourth-order valence-electron chi connectivity index (χ4n) is 2.89. The van der Waals surface area contributed by atoms with E-state index < -0.39 is 34.4 Å². The summed E-state index contributed by atoms with van der Waals surface area (Å²) in [6, 6.07) is 13.2. The normalized spacial score (nSPS) is 12.0. The highest BCUT2D eigenvalue weighted by atomic mass is 32.2. The first kappa shape index (κ1) is 23.8. The maximum absolute atomic E-state index is 13.2. The molecule has 0 saturated carbocycles. The Morgan fingerprint density at radius 1 is 1.09 bits per heavy atom. The van der Waals surface area contributed by atoms with Gasteiger partial charge in [0.1, 0.15) is 12.5 Å². The number of alkyl halides is 3. The molecule has 12 heteroatoms. The number of aromatic nitrogens is 2. The van der Waals surface area contributed by atoms with Crippen LogP contribution in [0.4, 0.5) is 13.2 Å². The third-order valence-corrected chi connectivity index (χ3v) is 5.63. The molecule has 3 rings (SSSR count). The standard InChI is InChI=1S/C20H18F3N3O4S2/c1-31-12-30-19(27)11-26-17(10-18(25-26)20(21,22)23)14-7-5-13(6-8-14)15-3-2-4-16(9-15)32(24,28)29/h2-10H,11-12H2,1H3,(H2,24,28,29). The summed E-state index contributed by atoms with van der Waals surface area (Å²) in [5.74, 6) is -0.637. The number of benzene rings is 2. The molecule has 0 saturated heterocycles. The van der Waals surface area contributed by atoms with E-state index in [1.165, 1.54) is 30.0 Å². The third kappa shape index (κ3) is 5.69. The van der Waals surface area contributed by atoms with Gasteiger partial charge in [0, 0.05) is 0 Å². The first-order valence-electron chi connectivity index (χ1n) is 9.02. The van der Waals surface area contributed by atoms with Crippen LogP contribution < -0.4 is 5.14 Å². The van der Waals surface area contributed by atoms with Crippen molar-refractivity contribution in [2.45, 2.75) is 17.6 Å². The van der Waals surface area contributed by atoms with E-state index in [0.29, 0.717) is 16.7 Å². The number of hydrogen-bond donors (Lipinski definition) is 1. The molecular formula is C20H18F3N3O4S2. The first-order valence-corrected chi connectivity index (χ1v) is 12.0. The number of primary sulfonamides is 1. The van der Waals surface area contributed by atoms with E-state index in [4.69, 9.17) is 9.88 Å². The van der Waals surface area contributed by atoms with Crippen LogP contribution in [0.1, 0.15) is 5.69 Å². The quantitative estimate of drug-likeness (QED) is 0.404. The van der Waals surface area contributed by atoms with Crippen LogP contribution in [0.2, 0.25) is 0 Å². The summed E-state index contributed by atoms with van der Waals surface area (Å²) in [5.41, 5.74) is 0.532. The van der Waals surface area contributed by atoms with Crippen LogP contribution >= 0.6 is 11.8 Å². The van der Waals surface area contributed by atoms with Crippen LogP contribution in [0.15, 0.2) is 59.5 Å². The minimum absolute atomic E-state index is 0.0595. The fourth-order valence-corrected chi connectivity index (χ4v) is 3.70. The molecule has 170 valence electrons. The summed E-state index contributed by atoms with van der Waals surface area (Å²) in [7, 11) is -3.88. The maximum Gasteiger partial charge on any atom is 0.435 e. The highest BCUT2D eigenvalue weighted by Crippen LogP contribution is 2.33. The van der Waals surface area contributed by atoms with Gasteiger partial charge in [-0.2, -0.15) is 18.3 Å². The summed E-state index contributed by atoms with van der Waals surface area (Å²) in [4.78, 5) is 11.9. The van der Waals surface area contributed by atoms with Gasteiger partial charge in [-0.3, -0.25) is 9.48 Å². The minimum atomic E-state index is -4.68. The Hall–Kier alpha value is -2.83. The molecule has 0 radical (unpaired) electrons. The summed E-state index contributed by atoms with van der Waals surface area (Å²) in [5, 5.41) is 8.69. The zero-order valence-electron chi connectivity index (χ0n) is 16.7. The Kier molecular flexibility index (Phi) is 6.96.